The van der Waals surface area contributed by atoms with Gasteiger partial charge < -0.3 is 4.74 Å². The first-order valence-electron chi connectivity index (χ1n) is 4.91. The van der Waals surface area contributed by atoms with Gasteiger partial charge in [0.2, 0.25) is 0 Å². The highest BCUT2D eigenvalue weighted by molar-refractivity contribution is 7.87. The van der Waals surface area contributed by atoms with Crippen molar-refractivity contribution in [2.45, 2.75) is 18.8 Å². The van der Waals surface area contributed by atoms with Crippen molar-refractivity contribution in [1.82, 2.24) is 4.72 Å². The van der Waals surface area contributed by atoms with E-state index in [2.05, 4.69) is 9.88 Å². The number of para-hydroxylation sites is 1. The van der Waals surface area contributed by atoms with E-state index in [0.29, 0.717) is 0 Å². The Morgan fingerprint density at radius 2 is 1.75 bits per heavy atom. The molecule has 0 aromatic heterocycles. The van der Waals surface area contributed by atoms with Gasteiger partial charge in [-0.3, -0.25) is 0 Å². The Hall–Kier alpha value is -1.46. The number of benzene rings is 1. The summed E-state index contributed by atoms with van der Waals surface area (Å²) >= 11 is 0. The van der Waals surface area contributed by atoms with E-state index in [9.17, 15) is 30.4 Å². The van der Waals surface area contributed by atoms with Crippen LogP contribution in [0.25, 0.3) is 0 Å². The van der Waals surface area contributed by atoms with E-state index in [1.54, 1.807) is 0 Å². The summed E-state index contributed by atoms with van der Waals surface area (Å²) in [6.07, 6.45) is -5.09. The predicted octanol–water partition coefficient (Wildman–Crippen LogP) is 1.68. The van der Waals surface area contributed by atoms with Gasteiger partial charge in [0.1, 0.15) is 11.8 Å². The SMILES string of the molecule is NS(=O)(=O)NC(c1ccccc1OC(F)F)C(F)(F)F. The van der Waals surface area contributed by atoms with Crippen molar-refractivity contribution in [3.05, 3.63) is 29.8 Å². The normalized spacial score (nSPS) is 14.3. The summed E-state index contributed by atoms with van der Waals surface area (Å²) in [5, 5.41) is 4.49. The number of nitrogens with one attached hydrogen (secondary N) is 1. The first kappa shape index (κ1) is 16.6. The number of rotatable bonds is 5. The van der Waals surface area contributed by atoms with Crippen LogP contribution in [-0.2, 0) is 10.2 Å². The average molecular weight is 320 g/mol. The van der Waals surface area contributed by atoms with E-state index in [-0.39, 0.29) is 0 Å². The van der Waals surface area contributed by atoms with Gasteiger partial charge in [-0.05, 0) is 6.07 Å². The molecular weight excluding hydrogens is 311 g/mol. The molecule has 0 saturated heterocycles. The second kappa shape index (κ2) is 5.89. The molecule has 5 nitrogen and oxygen atoms in total. The molecule has 0 aliphatic heterocycles. The van der Waals surface area contributed by atoms with Gasteiger partial charge >= 0.3 is 12.8 Å². The monoisotopic (exact) mass is 320 g/mol. The molecule has 0 aliphatic rings. The van der Waals surface area contributed by atoms with E-state index in [1.807, 2.05) is 0 Å². The molecule has 0 heterocycles. The largest absolute Gasteiger partial charge is 0.434 e. The van der Waals surface area contributed by atoms with Crippen LogP contribution in [0.3, 0.4) is 0 Å². The van der Waals surface area contributed by atoms with Crippen LogP contribution in [0.4, 0.5) is 22.0 Å². The highest BCUT2D eigenvalue weighted by Gasteiger charge is 2.44. The third-order valence-corrected chi connectivity index (χ3v) is 2.62. The molecule has 0 fully saturated rings. The molecule has 20 heavy (non-hydrogen) atoms. The molecule has 0 saturated carbocycles. The van der Waals surface area contributed by atoms with E-state index < -0.39 is 40.4 Å². The van der Waals surface area contributed by atoms with Crippen molar-refractivity contribution >= 4 is 10.2 Å². The van der Waals surface area contributed by atoms with Gasteiger partial charge in [0.15, 0.2) is 0 Å². The molecule has 114 valence electrons. The summed E-state index contributed by atoms with van der Waals surface area (Å²) in [5.41, 5.74) is -0.825. The van der Waals surface area contributed by atoms with Crippen molar-refractivity contribution in [1.29, 1.82) is 0 Å². The lowest BCUT2D eigenvalue weighted by atomic mass is 10.1. The van der Waals surface area contributed by atoms with Crippen LogP contribution < -0.4 is 14.6 Å². The zero-order valence-electron chi connectivity index (χ0n) is 9.56. The maximum atomic E-state index is 12.8. The molecule has 3 N–H and O–H groups in total. The van der Waals surface area contributed by atoms with Gasteiger partial charge in [0, 0.05) is 5.56 Å². The molecular formula is C9H9F5N2O3S. The standard InChI is InChI=1S/C9H9F5N2O3S/c10-8(11)19-6-4-2-1-3-5(6)7(9(12,13)14)16-20(15,17)18/h1-4,7-8,16H,(H2,15,17,18). The van der Waals surface area contributed by atoms with Crippen LogP contribution >= 0.6 is 0 Å². The number of halogens is 5. The molecule has 1 aromatic carbocycles. The third kappa shape index (κ3) is 4.90. The van der Waals surface area contributed by atoms with E-state index in [4.69, 9.17) is 0 Å². The van der Waals surface area contributed by atoms with Crippen LogP contribution in [0, 0.1) is 0 Å². The second-order valence-electron chi connectivity index (χ2n) is 3.55. The fourth-order valence-corrected chi connectivity index (χ4v) is 1.98. The Kier molecular flexibility index (Phi) is 4.89. The summed E-state index contributed by atoms with van der Waals surface area (Å²) in [5.74, 6) is -0.805. The fraction of sp³-hybridized carbons (Fsp3) is 0.333. The minimum Gasteiger partial charge on any atom is -0.434 e. The molecule has 0 bridgehead atoms. The van der Waals surface area contributed by atoms with Crippen molar-refractivity contribution in [3.63, 3.8) is 0 Å². The Morgan fingerprint density at radius 3 is 2.20 bits per heavy atom. The smallest absolute Gasteiger partial charge is 0.409 e. The minimum atomic E-state index is -5.09. The molecule has 1 atom stereocenters. The molecule has 0 aliphatic carbocycles. The lowest BCUT2D eigenvalue weighted by molar-refractivity contribution is -0.154. The van der Waals surface area contributed by atoms with Gasteiger partial charge in [0.05, 0.1) is 0 Å². The topological polar surface area (TPSA) is 81.4 Å². The summed E-state index contributed by atoms with van der Waals surface area (Å²) in [7, 11) is -4.71. The molecule has 1 aromatic rings. The van der Waals surface area contributed by atoms with E-state index in [0.717, 1.165) is 29.0 Å². The van der Waals surface area contributed by atoms with Crippen LogP contribution in [0.15, 0.2) is 24.3 Å². The van der Waals surface area contributed by atoms with Crippen molar-refractivity contribution in [2.24, 2.45) is 5.14 Å². The maximum absolute atomic E-state index is 12.8. The summed E-state index contributed by atoms with van der Waals surface area (Å²) in [6, 6.07) is 1.12. The van der Waals surface area contributed by atoms with Gasteiger partial charge in [0.25, 0.3) is 10.2 Å². The Labute approximate surface area is 110 Å². The van der Waals surface area contributed by atoms with Crippen molar-refractivity contribution in [3.8, 4) is 5.75 Å². The molecule has 1 rings (SSSR count). The highest BCUT2D eigenvalue weighted by atomic mass is 32.2. The molecule has 11 heteroatoms. The van der Waals surface area contributed by atoms with Crippen LogP contribution in [0.2, 0.25) is 0 Å². The van der Waals surface area contributed by atoms with Crippen molar-refractivity contribution in [2.75, 3.05) is 0 Å². The number of hydrogen-bond donors (Lipinski definition) is 2. The Bertz CT molecular complexity index is 561. The number of nitrogens with two attached hydrogens (primary N) is 1. The van der Waals surface area contributed by atoms with Gasteiger partial charge in [-0.15, -0.1) is 0 Å². The quantitative estimate of drug-likeness (QED) is 0.810. The zero-order chi connectivity index (χ0) is 15.6. The van der Waals surface area contributed by atoms with Gasteiger partial charge in [-0.1, -0.05) is 18.2 Å². The number of ether oxygens (including phenoxy) is 1. The van der Waals surface area contributed by atoms with Crippen LogP contribution in [0.5, 0.6) is 5.75 Å². The van der Waals surface area contributed by atoms with Gasteiger partial charge in [-0.2, -0.15) is 35.1 Å². The lowest BCUT2D eigenvalue weighted by Gasteiger charge is -2.22. The molecule has 1 unspecified atom stereocenters. The number of hydrogen-bond acceptors (Lipinski definition) is 3. The van der Waals surface area contributed by atoms with Gasteiger partial charge in [-0.25, -0.2) is 5.14 Å². The first-order chi connectivity index (χ1) is 9.00. The Morgan fingerprint density at radius 1 is 1.20 bits per heavy atom. The molecule has 0 spiro atoms. The molecule has 0 radical (unpaired) electrons. The van der Waals surface area contributed by atoms with E-state index in [1.165, 1.54) is 0 Å². The van der Waals surface area contributed by atoms with E-state index >= 15 is 0 Å². The predicted molar refractivity (Wildman–Crippen MR) is 58.1 cm³/mol. The lowest BCUT2D eigenvalue weighted by Crippen LogP contribution is -2.41. The third-order valence-electron chi connectivity index (χ3n) is 2.06. The fourth-order valence-electron chi connectivity index (χ4n) is 1.39. The average Bonchev–Trinajstić information content (AvgIpc) is 2.23. The molecule has 0 amide bonds. The number of alkyl halides is 5. The highest BCUT2D eigenvalue weighted by Crippen LogP contribution is 2.37. The summed E-state index contributed by atoms with van der Waals surface area (Å²) in [6.45, 7) is -3.36. The summed E-state index contributed by atoms with van der Waals surface area (Å²) in [4.78, 5) is 0. The minimum absolute atomic E-state index is 0.800. The van der Waals surface area contributed by atoms with Crippen LogP contribution in [0.1, 0.15) is 11.6 Å². The Balaban J connectivity index is 3.27. The van der Waals surface area contributed by atoms with Crippen LogP contribution in [-0.4, -0.2) is 21.2 Å². The second-order valence-corrected chi connectivity index (χ2v) is 4.88. The van der Waals surface area contributed by atoms with Crippen molar-refractivity contribution < 1.29 is 35.1 Å². The summed E-state index contributed by atoms with van der Waals surface area (Å²) < 4.78 is 89.3. The first-order valence-corrected chi connectivity index (χ1v) is 6.46. The zero-order valence-corrected chi connectivity index (χ0v) is 10.4. The maximum Gasteiger partial charge on any atom is 0.409 e.